The Morgan fingerprint density at radius 3 is 3.12 bits per heavy atom. The van der Waals surface area contributed by atoms with E-state index in [1.807, 2.05) is 0 Å². The Labute approximate surface area is 95.0 Å². The second-order valence-corrected chi connectivity index (χ2v) is 4.17. The summed E-state index contributed by atoms with van der Waals surface area (Å²) in [6.07, 6.45) is 3.24. The maximum absolute atomic E-state index is 11.4. The zero-order valence-electron chi connectivity index (χ0n) is 9.71. The van der Waals surface area contributed by atoms with Gasteiger partial charge in [-0.15, -0.1) is 0 Å². The zero-order chi connectivity index (χ0) is 11.5. The summed E-state index contributed by atoms with van der Waals surface area (Å²) in [6.45, 7) is 2.87. The molecule has 0 saturated carbocycles. The van der Waals surface area contributed by atoms with Crippen molar-refractivity contribution in [2.24, 2.45) is 0 Å². The van der Waals surface area contributed by atoms with Crippen LogP contribution >= 0.6 is 0 Å². The van der Waals surface area contributed by atoms with E-state index in [4.69, 9.17) is 4.42 Å². The fraction of sp³-hybridized carbons (Fsp3) is 0.583. The summed E-state index contributed by atoms with van der Waals surface area (Å²) in [4.78, 5) is 11.4. The fourth-order valence-corrected chi connectivity index (χ4v) is 2.13. The number of aryl methyl sites for hydroxylation is 1. The lowest BCUT2D eigenvalue weighted by molar-refractivity contribution is 0.0599. The van der Waals surface area contributed by atoms with Crippen molar-refractivity contribution in [1.82, 2.24) is 5.32 Å². The third-order valence-corrected chi connectivity index (χ3v) is 2.98. The Morgan fingerprint density at radius 1 is 1.69 bits per heavy atom. The van der Waals surface area contributed by atoms with Gasteiger partial charge in [0.15, 0.2) is 0 Å². The molecule has 2 rings (SSSR count). The topological polar surface area (TPSA) is 51.5 Å². The lowest BCUT2D eigenvalue weighted by atomic mass is 10.1. The molecule has 0 radical (unpaired) electrons. The first kappa shape index (κ1) is 11.2. The Kier molecular flexibility index (Phi) is 3.29. The molecule has 0 bridgehead atoms. The first-order valence-corrected chi connectivity index (χ1v) is 5.61. The van der Waals surface area contributed by atoms with Crippen LogP contribution in [0.3, 0.4) is 0 Å². The van der Waals surface area contributed by atoms with Gasteiger partial charge in [0.2, 0.25) is 0 Å². The molecule has 88 valence electrons. The van der Waals surface area contributed by atoms with E-state index in [1.165, 1.54) is 20.0 Å². The van der Waals surface area contributed by atoms with E-state index in [9.17, 15) is 4.79 Å². The highest BCUT2D eigenvalue weighted by Gasteiger charge is 2.19. The molecule has 1 saturated heterocycles. The van der Waals surface area contributed by atoms with Gasteiger partial charge in [-0.05, 0) is 32.4 Å². The number of rotatable bonds is 3. The van der Waals surface area contributed by atoms with Gasteiger partial charge in [0.05, 0.1) is 7.11 Å². The average molecular weight is 223 g/mol. The zero-order valence-corrected chi connectivity index (χ0v) is 9.71. The predicted molar refractivity (Wildman–Crippen MR) is 59.5 cm³/mol. The van der Waals surface area contributed by atoms with Crippen molar-refractivity contribution in [1.29, 1.82) is 0 Å². The van der Waals surface area contributed by atoms with Crippen molar-refractivity contribution in [3.8, 4) is 0 Å². The van der Waals surface area contributed by atoms with Gasteiger partial charge in [0.1, 0.15) is 17.1 Å². The minimum absolute atomic E-state index is 0.327. The molecule has 1 unspecified atom stereocenters. The van der Waals surface area contributed by atoms with Crippen molar-refractivity contribution < 1.29 is 13.9 Å². The molecule has 0 aromatic carbocycles. The van der Waals surface area contributed by atoms with Crippen LogP contribution in [0.5, 0.6) is 0 Å². The van der Waals surface area contributed by atoms with Gasteiger partial charge in [0, 0.05) is 12.5 Å². The van der Waals surface area contributed by atoms with E-state index in [0.717, 1.165) is 18.7 Å². The molecule has 0 aliphatic carbocycles. The van der Waals surface area contributed by atoms with Gasteiger partial charge in [-0.1, -0.05) is 0 Å². The number of nitrogens with one attached hydrogen (secondary N) is 1. The summed E-state index contributed by atoms with van der Waals surface area (Å²) in [5.41, 5.74) is 0.537. The van der Waals surface area contributed by atoms with Gasteiger partial charge >= 0.3 is 5.97 Å². The summed E-state index contributed by atoms with van der Waals surface area (Å²) < 4.78 is 10.2. The summed E-state index contributed by atoms with van der Waals surface area (Å²) >= 11 is 0. The molecule has 0 spiro atoms. The van der Waals surface area contributed by atoms with Crippen LogP contribution < -0.4 is 5.32 Å². The maximum Gasteiger partial charge on any atom is 0.341 e. The van der Waals surface area contributed by atoms with Gasteiger partial charge in [-0.2, -0.15) is 0 Å². The second kappa shape index (κ2) is 4.70. The number of hydrogen-bond acceptors (Lipinski definition) is 4. The largest absolute Gasteiger partial charge is 0.465 e. The van der Waals surface area contributed by atoms with E-state index in [1.54, 1.807) is 13.0 Å². The number of hydrogen-bond donors (Lipinski definition) is 1. The fourth-order valence-electron chi connectivity index (χ4n) is 2.13. The van der Waals surface area contributed by atoms with Crippen LogP contribution in [0.2, 0.25) is 0 Å². The van der Waals surface area contributed by atoms with Gasteiger partial charge < -0.3 is 14.5 Å². The average Bonchev–Trinajstić information content (AvgIpc) is 2.88. The van der Waals surface area contributed by atoms with Crippen molar-refractivity contribution in [3.05, 3.63) is 23.2 Å². The van der Waals surface area contributed by atoms with Crippen LogP contribution in [0.25, 0.3) is 0 Å². The molecule has 1 N–H and O–H groups in total. The van der Waals surface area contributed by atoms with Crippen LogP contribution in [0.4, 0.5) is 0 Å². The Balaban J connectivity index is 2.07. The molecule has 1 aliphatic rings. The van der Waals surface area contributed by atoms with Gasteiger partial charge in [-0.3, -0.25) is 0 Å². The molecule has 16 heavy (non-hydrogen) atoms. The van der Waals surface area contributed by atoms with E-state index >= 15 is 0 Å². The molecule has 4 nitrogen and oxygen atoms in total. The summed E-state index contributed by atoms with van der Waals surface area (Å²) in [5, 5.41) is 3.40. The molecule has 1 atom stereocenters. The molecule has 1 fully saturated rings. The van der Waals surface area contributed by atoms with E-state index in [2.05, 4.69) is 10.1 Å². The predicted octanol–water partition coefficient (Wildman–Crippen LogP) is 1.67. The van der Waals surface area contributed by atoms with Crippen molar-refractivity contribution in [3.63, 3.8) is 0 Å². The minimum atomic E-state index is -0.327. The normalized spacial score (nSPS) is 20.0. The van der Waals surface area contributed by atoms with Crippen LogP contribution in [0.1, 0.15) is 34.7 Å². The number of esters is 1. The smallest absolute Gasteiger partial charge is 0.341 e. The van der Waals surface area contributed by atoms with Gasteiger partial charge in [-0.25, -0.2) is 4.79 Å². The third kappa shape index (κ3) is 2.27. The van der Waals surface area contributed by atoms with Crippen LogP contribution in [0.15, 0.2) is 10.5 Å². The summed E-state index contributed by atoms with van der Waals surface area (Å²) in [5.74, 6) is 1.17. The van der Waals surface area contributed by atoms with E-state index in [0.29, 0.717) is 17.4 Å². The standard InChI is InChI=1S/C12H17NO3/c1-8-11(12(14)15-2)7-10(16-8)6-9-4-3-5-13-9/h7,9,13H,3-6H2,1-2H3. The molecule has 1 aromatic heterocycles. The summed E-state index contributed by atoms with van der Waals surface area (Å²) in [7, 11) is 1.38. The molecule has 1 aliphatic heterocycles. The molecule has 0 amide bonds. The molecular weight excluding hydrogens is 206 g/mol. The molecule has 4 heteroatoms. The van der Waals surface area contributed by atoms with Crippen LogP contribution in [-0.4, -0.2) is 25.7 Å². The number of carbonyl (C=O) groups is 1. The number of furan rings is 1. The van der Waals surface area contributed by atoms with Crippen LogP contribution in [-0.2, 0) is 11.2 Å². The van der Waals surface area contributed by atoms with E-state index < -0.39 is 0 Å². The highest BCUT2D eigenvalue weighted by atomic mass is 16.5. The maximum atomic E-state index is 11.4. The highest BCUT2D eigenvalue weighted by molar-refractivity contribution is 5.90. The Hall–Kier alpha value is -1.29. The highest BCUT2D eigenvalue weighted by Crippen LogP contribution is 2.19. The lowest BCUT2D eigenvalue weighted by Gasteiger charge is -2.06. The van der Waals surface area contributed by atoms with Crippen LogP contribution in [0, 0.1) is 6.92 Å². The molecule has 2 heterocycles. The summed E-state index contributed by atoms with van der Waals surface area (Å²) in [6, 6.07) is 2.28. The van der Waals surface area contributed by atoms with E-state index in [-0.39, 0.29) is 5.97 Å². The van der Waals surface area contributed by atoms with Crippen molar-refractivity contribution in [2.75, 3.05) is 13.7 Å². The van der Waals surface area contributed by atoms with Gasteiger partial charge in [0.25, 0.3) is 0 Å². The Bertz CT molecular complexity index is 378. The number of ether oxygens (including phenoxy) is 1. The first-order valence-electron chi connectivity index (χ1n) is 5.61. The number of carbonyl (C=O) groups excluding carboxylic acids is 1. The lowest BCUT2D eigenvalue weighted by Crippen LogP contribution is -2.23. The van der Waals surface area contributed by atoms with Crippen molar-refractivity contribution >= 4 is 5.97 Å². The first-order chi connectivity index (χ1) is 7.70. The molecular formula is C12H17NO3. The monoisotopic (exact) mass is 223 g/mol. The minimum Gasteiger partial charge on any atom is -0.465 e. The quantitative estimate of drug-likeness (QED) is 0.792. The second-order valence-electron chi connectivity index (χ2n) is 4.17. The number of methoxy groups -OCH3 is 1. The Morgan fingerprint density at radius 2 is 2.50 bits per heavy atom. The third-order valence-electron chi connectivity index (χ3n) is 2.98. The van der Waals surface area contributed by atoms with Crippen molar-refractivity contribution in [2.45, 2.75) is 32.2 Å². The molecule has 1 aromatic rings. The SMILES string of the molecule is COC(=O)c1cc(CC2CCCN2)oc1C.